The first-order valence-corrected chi connectivity index (χ1v) is 8.60. The van der Waals surface area contributed by atoms with Gasteiger partial charge in [-0.25, -0.2) is 0 Å². The topological polar surface area (TPSA) is 15.3 Å². The second-order valence-electron chi connectivity index (χ2n) is 7.25. The van der Waals surface area contributed by atoms with Crippen LogP contribution in [0.5, 0.6) is 0 Å². The summed E-state index contributed by atoms with van der Waals surface area (Å²) in [7, 11) is 0. The third kappa shape index (κ3) is 3.24. The molecule has 1 aromatic rings. The maximum Gasteiger partial charge on any atom is 0.0465 e. The van der Waals surface area contributed by atoms with Crippen molar-refractivity contribution in [2.75, 3.05) is 13.1 Å². The lowest BCUT2D eigenvalue weighted by Gasteiger charge is -2.51. The number of nitrogens with zero attached hydrogens (tertiary/aromatic N) is 1. The Balaban J connectivity index is 1.80. The molecular weight excluding hydrogens is 303 g/mol. The summed E-state index contributed by atoms with van der Waals surface area (Å²) < 4.78 is 0. The number of rotatable bonds is 2. The summed E-state index contributed by atoms with van der Waals surface area (Å²) in [6.07, 6.45) is 5.30. The van der Waals surface area contributed by atoms with E-state index in [9.17, 15) is 0 Å². The predicted octanol–water partition coefficient (Wildman–Crippen LogP) is 4.49. The molecule has 21 heavy (non-hydrogen) atoms. The van der Waals surface area contributed by atoms with Crippen LogP contribution in [0.3, 0.4) is 0 Å². The molecule has 1 heterocycles. The lowest BCUT2D eigenvalue weighted by atomic mass is 9.87. The zero-order chi connectivity index (χ0) is 15.1. The minimum Gasteiger partial charge on any atom is -0.308 e. The van der Waals surface area contributed by atoms with Gasteiger partial charge in [-0.15, -0.1) is 0 Å². The number of halogens is 2. The molecule has 0 atom stereocenters. The SMILES string of the molecule is CC1(C)CNC2(CCCC2)CN1Cc1ccc(Cl)cc1Cl. The molecule has 1 saturated heterocycles. The van der Waals surface area contributed by atoms with Crippen LogP contribution in [-0.2, 0) is 6.54 Å². The number of benzene rings is 1. The lowest BCUT2D eigenvalue weighted by Crippen LogP contribution is -2.66. The summed E-state index contributed by atoms with van der Waals surface area (Å²) in [4.78, 5) is 2.59. The van der Waals surface area contributed by atoms with Gasteiger partial charge in [0, 0.05) is 40.8 Å². The molecular formula is C17H24Cl2N2. The van der Waals surface area contributed by atoms with Crippen LogP contribution in [0.4, 0.5) is 0 Å². The van der Waals surface area contributed by atoms with E-state index in [0.29, 0.717) is 10.6 Å². The van der Waals surface area contributed by atoms with Crippen LogP contribution in [0.25, 0.3) is 0 Å². The fourth-order valence-electron chi connectivity index (χ4n) is 3.66. The highest BCUT2D eigenvalue weighted by Crippen LogP contribution is 2.37. The molecule has 0 amide bonds. The molecule has 116 valence electrons. The average molecular weight is 327 g/mol. The molecule has 0 unspecified atom stereocenters. The Labute approximate surface area is 137 Å². The van der Waals surface area contributed by atoms with Gasteiger partial charge in [-0.3, -0.25) is 4.90 Å². The van der Waals surface area contributed by atoms with Gasteiger partial charge in [-0.05, 0) is 44.4 Å². The molecule has 4 heteroatoms. The summed E-state index contributed by atoms with van der Waals surface area (Å²) in [5.74, 6) is 0. The van der Waals surface area contributed by atoms with Crippen molar-refractivity contribution in [1.29, 1.82) is 0 Å². The molecule has 0 radical (unpaired) electrons. The van der Waals surface area contributed by atoms with Gasteiger partial charge >= 0.3 is 0 Å². The highest BCUT2D eigenvalue weighted by molar-refractivity contribution is 6.35. The van der Waals surface area contributed by atoms with Gasteiger partial charge in [-0.1, -0.05) is 42.1 Å². The first-order valence-electron chi connectivity index (χ1n) is 7.84. The largest absolute Gasteiger partial charge is 0.308 e. The average Bonchev–Trinajstić information content (AvgIpc) is 2.86. The summed E-state index contributed by atoms with van der Waals surface area (Å²) in [5.41, 5.74) is 1.65. The van der Waals surface area contributed by atoms with Crippen LogP contribution in [-0.4, -0.2) is 29.1 Å². The van der Waals surface area contributed by atoms with Gasteiger partial charge in [0.15, 0.2) is 0 Å². The molecule has 1 aliphatic heterocycles. The second-order valence-corrected chi connectivity index (χ2v) is 8.09. The highest BCUT2D eigenvalue weighted by Gasteiger charge is 2.44. The third-order valence-electron chi connectivity index (χ3n) is 5.18. The Hall–Kier alpha value is -0.280. The lowest BCUT2D eigenvalue weighted by molar-refractivity contribution is 0.0217. The summed E-state index contributed by atoms with van der Waals surface area (Å²) >= 11 is 12.4. The van der Waals surface area contributed by atoms with Gasteiger partial charge in [0.05, 0.1) is 0 Å². The Bertz CT molecular complexity index is 522. The Morgan fingerprint density at radius 1 is 1.19 bits per heavy atom. The van der Waals surface area contributed by atoms with Crippen molar-refractivity contribution in [3.05, 3.63) is 33.8 Å². The summed E-state index contributed by atoms with van der Waals surface area (Å²) in [6.45, 7) is 7.67. The number of nitrogens with one attached hydrogen (secondary N) is 1. The van der Waals surface area contributed by atoms with E-state index in [-0.39, 0.29) is 5.54 Å². The summed E-state index contributed by atoms with van der Waals surface area (Å²) in [6, 6.07) is 5.84. The van der Waals surface area contributed by atoms with E-state index in [4.69, 9.17) is 23.2 Å². The van der Waals surface area contributed by atoms with Crippen molar-refractivity contribution in [2.45, 2.75) is 57.2 Å². The van der Waals surface area contributed by atoms with E-state index in [0.717, 1.165) is 24.7 Å². The van der Waals surface area contributed by atoms with Gasteiger partial charge < -0.3 is 5.32 Å². The minimum atomic E-state index is 0.150. The number of piperazine rings is 1. The standard InChI is InChI=1S/C17H24Cl2N2/c1-16(2)11-20-17(7-3-4-8-17)12-21(16)10-13-5-6-14(18)9-15(13)19/h5-6,9,20H,3-4,7-8,10-12H2,1-2H3. The maximum atomic E-state index is 6.37. The van der Waals surface area contributed by atoms with Crippen LogP contribution < -0.4 is 5.32 Å². The highest BCUT2D eigenvalue weighted by atomic mass is 35.5. The van der Waals surface area contributed by atoms with Gasteiger partial charge in [-0.2, -0.15) is 0 Å². The van der Waals surface area contributed by atoms with Gasteiger partial charge in [0.2, 0.25) is 0 Å². The van der Waals surface area contributed by atoms with Crippen LogP contribution in [0, 0.1) is 0 Å². The van der Waals surface area contributed by atoms with Crippen molar-refractivity contribution in [2.24, 2.45) is 0 Å². The molecule has 2 fully saturated rings. The van der Waals surface area contributed by atoms with E-state index < -0.39 is 0 Å². The zero-order valence-corrected chi connectivity index (χ0v) is 14.4. The van der Waals surface area contributed by atoms with Crippen LogP contribution in [0.1, 0.15) is 45.1 Å². The molecule has 0 aromatic heterocycles. The second kappa shape index (κ2) is 5.73. The Morgan fingerprint density at radius 3 is 2.57 bits per heavy atom. The number of hydrogen-bond acceptors (Lipinski definition) is 2. The van der Waals surface area contributed by atoms with E-state index in [2.05, 4.69) is 30.1 Å². The van der Waals surface area contributed by atoms with Crippen LogP contribution in [0.15, 0.2) is 18.2 Å². The zero-order valence-electron chi connectivity index (χ0n) is 12.9. The first kappa shape index (κ1) is 15.6. The molecule has 2 aliphatic rings. The third-order valence-corrected chi connectivity index (χ3v) is 5.77. The van der Waals surface area contributed by atoms with Crippen LogP contribution in [0.2, 0.25) is 10.0 Å². The van der Waals surface area contributed by atoms with E-state index >= 15 is 0 Å². The molecule has 3 rings (SSSR count). The molecule has 0 bridgehead atoms. The molecule has 1 aliphatic carbocycles. The quantitative estimate of drug-likeness (QED) is 0.861. The predicted molar refractivity (Wildman–Crippen MR) is 90.2 cm³/mol. The van der Waals surface area contributed by atoms with E-state index in [1.54, 1.807) is 0 Å². The van der Waals surface area contributed by atoms with Crippen molar-refractivity contribution < 1.29 is 0 Å². The number of hydrogen-bond donors (Lipinski definition) is 1. The van der Waals surface area contributed by atoms with Crippen molar-refractivity contribution in [3.63, 3.8) is 0 Å². The van der Waals surface area contributed by atoms with Crippen molar-refractivity contribution in [3.8, 4) is 0 Å². The summed E-state index contributed by atoms with van der Waals surface area (Å²) in [5, 5.41) is 5.31. The Morgan fingerprint density at radius 2 is 1.90 bits per heavy atom. The first-order chi connectivity index (χ1) is 9.90. The van der Waals surface area contributed by atoms with Crippen molar-refractivity contribution >= 4 is 23.2 Å². The molecule has 1 saturated carbocycles. The molecule has 1 aromatic carbocycles. The minimum absolute atomic E-state index is 0.150. The van der Waals surface area contributed by atoms with Gasteiger partial charge in [0.1, 0.15) is 0 Å². The van der Waals surface area contributed by atoms with Gasteiger partial charge in [0.25, 0.3) is 0 Å². The van der Waals surface area contributed by atoms with Crippen LogP contribution >= 0.6 is 23.2 Å². The molecule has 2 nitrogen and oxygen atoms in total. The smallest absolute Gasteiger partial charge is 0.0465 e. The molecule has 1 spiro atoms. The monoisotopic (exact) mass is 326 g/mol. The van der Waals surface area contributed by atoms with E-state index in [1.807, 2.05) is 12.1 Å². The molecule has 1 N–H and O–H groups in total. The fourth-order valence-corrected chi connectivity index (χ4v) is 4.13. The maximum absolute atomic E-state index is 6.37. The van der Waals surface area contributed by atoms with E-state index in [1.165, 1.54) is 31.2 Å². The normalized spacial score (nSPS) is 24.6. The fraction of sp³-hybridized carbons (Fsp3) is 0.647. The Kier molecular flexibility index (Phi) is 4.26. The van der Waals surface area contributed by atoms with Crippen molar-refractivity contribution in [1.82, 2.24) is 10.2 Å².